The maximum Gasteiger partial charge on any atom is 0.410 e. The summed E-state index contributed by atoms with van der Waals surface area (Å²) >= 11 is 1.99. The van der Waals surface area contributed by atoms with Crippen LogP contribution in [0, 0.1) is 21.1 Å². The van der Waals surface area contributed by atoms with Crippen molar-refractivity contribution < 1.29 is 27.8 Å². The molecule has 172 valence electrons. The van der Waals surface area contributed by atoms with Crippen LogP contribution in [0.4, 0.5) is 13.6 Å². The molecule has 9 heteroatoms. The van der Waals surface area contributed by atoms with Crippen molar-refractivity contribution >= 4 is 34.6 Å². The molecule has 0 bridgehead atoms. The van der Waals surface area contributed by atoms with E-state index < -0.39 is 29.2 Å². The Hall–Kier alpha value is -2.43. The summed E-state index contributed by atoms with van der Waals surface area (Å²) in [5.41, 5.74) is 5.55. The molecule has 0 aliphatic carbocycles. The number of amides is 2. The summed E-state index contributed by atoms with van der Waals surface area (Å²) in [6, 6.07) is 6.94. The van der Waals surface area contributed by atoms with Gasteiger partial charge in [0.05, 0.1) is 12.2 Å². The van der Waals surface area contributed by atoms with Gasteiger partial charge in [-0.1, -0.05) is 6.07 Å². The SMILES string of the molecule is CC(C)(C)OC(=O)N1CC(COc2cc(F)cc(Cc3ccc(I)cc3F)c2C(N)=O)C1. The number of likely N-dealkylation sites (tertiary alicyclic amines) is 1. The normalized spacial score (nSPS) is 14.1. The molecule has 1 aliphatic rings. The van der Waals surface area contributed by atoms with Crippen LogP contribution < -0.4 is 10.5 Å². The van der Waals surface area contributed by atoms with Crippen LogP contribution in [0.2, 0.25) is 0 Å². The average molecular weight is 558 g/mol. The van der Waals surface area contributed by atoms with E-state index in [0.29, 0.717) is 18.7 Å². The minimum Gasteiger partial charge on any atom is -0.492 e. The first-order chi connectivity index (χ1) is 14.9. The van der Waals surface area contributed by atoms with Gasteiger partial charge >= 0.3 is 6.09 Å². The molecule has 0 spiro atoms. The summed E-state index contributed by atoms with van der Waals surface area (Å²) in [5.74, 6) is -1.84. The molecule has 6 nitrogen and oxygen atoms in total. The van der Waals surface area contributed by atoms with E-state index >= 15 is 0 Å². The van der Waals surface area contributed by atoms with Crippen LogP contribution in [-0.4, -0.2) is 42.2 Å². The molecule has 2 aromatic rings. The van der Waals surface area contributed by atoms with Gasteiger partial charge in [-0.3, -0.25) is 4.79 Å². The highest BCUT2D eigenvalue weighted by molar-refractivity contribution is 14.1. The van der Waals surface area contributed by atoms with Crippen LogP contribution in [0.3, 0.4) is 0 Å². The van der Waals surface area contributed by atoms with Crippen molar-refractivity contribution in [1.29, 1.82) is 0 Å². The summed E-state index contributed by atoms with van der Waals surface area (Å²) < 4.78 is 40.3. The second-order valence-electron chi connectivity index (χ2n) is 8.78. The number of carbonyl (C=O) groups is 2. The number of nitrogens with two attached hydrogens (primary N) is 1. The lowest BCUT2D eigenvalue weighted by molar-refractivity contribution is -0.00784. The number of halogens is 3. The molecule has 0 saturated carbocycles. The molecule has 0 radical (unpaired) electrons. The number of hydrogen-bond acceptors (Lipinski definition) is 4. The lowest BCUT2D eigenvalue weighted by Crippen LogP contribution is -2.53. The Morgan fingerprint density at radius 3 is 2.44 bits per heavy atom. The number of rotatable bonds is 6. The predicted octanol–water partition coefficient (Wildman–Crippen LogP) is 4.50. The van der Waals surface area contributed by atoms with E-state index in [9.17, 15) is 18.4 Å². The molecule has 1 fully saturated rings. The summed E-state index contributed by atoms with van der Waals surface area (Å²) in [7, 11) is 0. The fourth-order valence-electron chi connectivity index (χ4n) is 3.40. The quantitative estimate of drug-likeness (QED) is 0.530. The van der Waals surface area contributed by atoms with Gasteiger partial charge < -0.3 is 20.1 Å². The molecular formula is C23H25F2IN2O4. The van der Waals surface area contributed by atoms with Gasteiger partial charge in [0.2, 0.25) is 0 Å². The van der Waals surface area contributed by atoms with Crippen LogP contribution in [0.15, 0.2) is 30.3 Å². The number of nitrogens with zero attached hydrogens (tertiary/aromatic N) is 1. The molecule has 2 aromatic carbocycles. The molecule has 0 unspecified atom stereocenters. The lowest BCUT2D eigenvalue weighted by atomic mass is 9.97. The first kappa shape index (κ1) is 24.2. The van der Waals surface area contributed by atoms with E-state index in [-0.39, 0.29) is 35.8 Å². The molecule has 1 heterocycles. The highest BCUT2D eigenvalue weighted by Gasteiger charge is 2.34. The van der Waals surface area contributed by atoms with Crippen molar-refractivity contribution in [3.63, 3.8) is 0 Å². The first-order valence-corrected chi connectivity index (χ1v) is 11.2. The summed E-state index contributed by atoms with van der Waals surface area (Å²) in [6.07, 6.45) is -0.412. The Bertz CT molecular complexity index is 1030. The summed E-state index contributed by atoms with van der Waals surface area (Å²) in [4.78, 5) is 25.7. The zero-order chi connectivity index (χ0) is 23.6. The maximum absolute atomic E-state index is 14.3. The molecule has 1 aliphatic heterocycles. The second kappa shape index (κ2) is 9.60. The third-order valence-electron chi connectivity index (χ3n) is 4.87. The minimum atomic E-state index is -0.787. The maximum atomic E-state index is 14.3. The van der Waals surface area contributed by atoms with E-state index in [4.69, 9.17) is 15.2 Å². The molecular weight excluding hydrogens is 533 g/mol. The van der Waals surface area contributed by atoms with Gasteiger partial charge in [0.15, 0.2) is 0 Å². The Kier molecular flexibility index (Phi) is 7.26. The van der Waals surface area contributed by atoms with Crippen molar-refractivity contribution in [2.24, 2.45) is 11.7 Å². The van der Waals surface area contributed by atoms with Crippen molar-refractivity contribution in [2.45, 2.75) is 32.8 Å². The van der Waals surface area contributed by atoms with Gasteiger partial charge in [0.1, 0.15) is 23.0 Å². The number of carbonyl (C=O) groups excluding carboxylic acids is 2. The van der Waals surface area contributed by atoms with E-state index in [1.54, 1.807) is 37.8 Å². The van der Waals surface area contributed by atoms with Gasteiger partial charge in [-0.2, -0.15) is 0 Å². The standard InChI is InChI=1S/C23H25F2IN2O4/c1-23(2,3)32-22(30)28-10-13(11-28)12-31-19-8-16(24)7-15(20(19)21(27)29)6-14-4-5-17(26)9-18(14)25/h4-5,7-9,13H,6,10-12H2,1-3H3,(H2,27,29). The Labute approximate surface area is 199 Å². The second-order valence-corrected chi connectivity index (χ2v) is 10.0. The monoisotopic (exact) mass is 558 g/mol. The molecule has 2 amide bonds. The fourth-order valence-corrected chi connectivity index (χ4v) is 3.85. The fraction of sp³-hybridized carbons (Fsp3) is 0.391. The van der Waals surface area contributed by atoms with E-state index in [0.717, 1.165) is 15.7 Å². The molecule has 1 saturated heterocycles. The van der Waals surface area contributed by atoms with Crippen molar-refractivity contribution in [3.8, 4) is 5.75 Å². The number of hydrogen-bond donors (Lipinski definition) is 1. The Morgan fingerprint density at radius 1 is 1.16 bits per heavy atom. The Morgan fingerprint density at radius 2 is 1.84 bits per heavy atom. The predicted molar refractivity (Wildman–Crippen MR) is 124 cm³/mol. The number of primary amides is 1. The van der Waals surface area contributed by atoms with Crippen LogP contribution in [0.25, 0.3) is 0 Å². The summed E-state index contributed by atoms with van der Waals surface area (Å²) in [5, 5.41) is 0. The van der Waals surface area contributed by atoms with Gasteiger partial charge in [-0.25, -0.2) is 13.6 Å². The van der Waals surface area contributed by atoms with Crippen LogP contribution >= 0.6 is 22.6 Å². The average Bonchev–Trinajstić information content (AvgIpc) is 2.60. The van der Waals surface area contributed by atoms with Crippen molar-refractivity contribution in [2.75, 3.05) is 19.7 Å². The van der Waals surface area contributed by atoms with Crippen molar-refractivity contribution in [3.05, 3.63) is 62.2 Å². The van der Waals surface area contributed by atoms with E-state index in [1.807, 2.05) is 22.6 Å². The van der Waals surface area contributed by atoms with Crippen LogP contribution in [0.5, 0.6) is 5.75 Å². The molecule has 32 heavy (non-hydrogen) atoms. The van der Waals surface area contributed by atoms with Gasteiger partial charge in [-0.15, -0.1) is 0 Å². The van der Waals surface area contributed by atoms with E-state index in [1.165, 1.54) is 6.07 Å². The molecule has 0 atom stereocenters. The van der Waals surface area contributed by atoms with Gasteiger partial charge in [-0.05, 0) is 72.7 Å². The highest BCUT2D eigenvalue weighted by atomic mass is 127. The Balaban J connectivity index is 1.71. The molecule has 3 rings (SSSR count). The summed E-state index contributed by atoms with van der Waals surface area (Å²) in [6.45, 7) is 6.40. The third-order valence-corrected chi connectivity index (χ3v) is 5.55. The first-order valence-electron chi connectivity index (χ1n) is 10.1. The van der Waals surface area contributed by atoms with E-state index in [2.05, 4.69) is 0 Å². The third kappa shape index (κ3) is 6.08. The topological polar surface area (TPSA) is 81.9 Å². The zero-order valence-electron chi connectivity index (χ0n) is 18.1. The smallest absolute Gasteiger partial charge is 0.410 e. The van der Waals surface area contributed by atoms with Gasteiger partial charge in [0.25, 0.3) is 5.91 Å². The largest absolute Gasteiger partial charge is 0.492 e. The lowest BCUT2D eigenvalue weighted by Gasteiger charge is -2.39. The van der Waals surface area contributed by atoms with Crippen molar-refractivity contribution in [1.82, 2.24) is 4.90 Å². The molecule has 0 aromatic heterocycles. The van der Waals surface area contributed by atoms with Crippen LogP contribution in [-0.2, 0) is 11.2 Å². The zero-order valence-corrected chi connectivity index (χ0v) is 20.2. The van der Waals surface area contributed by atoms with Gasteiger partial charge in [0, 0.05) is 35.1 Å². The van der Waals surface area contributed by atoms with Crippen LogP contribution in [0.1, 0.15) is 42.3 Å². The highest BCUT2D eigenvalue weighted by Crippen LogP contribution is 2.29. The minimum absolute atomic E-state index is 0.00334. The number of benzene rings is 2. The number of ether oxygens (including phenoxy) is 2. The molecule has 2 N–H and O–H groups in total.